The maximum Gasteiger partial charge on any atom is 0.149 e. The number of ether oxygens (including phenoxy) is 1. The van der Waals surface area contributed by atoms with Crippen molar-refractivity contribution in [3.05, 3.63) is 46.5 Å². The van der Waals surface area contributed by atoms with E-state index in [4.69, 9.17) is 4.74 Å². The van der Waals surface area contributed by atoms with Crippen LogP contribution in [0.4, 0.5) is 0 Å². The molecule has 5 aliphatic rings. The molecule has 1 aromatic rings. The number of rotatable bonds is 0. The van der Waals surface area contributed by atoms with E-state index < -0.39 is 5.41 Å². The summed E-state index contributed by atoms with van der Waals surface area (Å²) < 4.78 is 6.56. The lowest BCUT2D eigenvalue weighted by Crippen LogP contribution is -2.67. The monoisotopic (exact) mass is 322 g/mol. The molecule has 6 atom stereocenters. The second-order valence-corrected chi connectivity index (χ2v) is 9.27. The molecule has 1 saturated heterocycles. The van der Waals surface area contributed by atoms with Crippen LogP contribution in [0.15, 0.2) is 35.4 Å². The van der Waals surface area contributed by atoms with Crippen molar-refractivity contribution in [2.75, 3.05) is 0 Å². The van der Waals surface area contributed by atoms with Crippen LogP contribution in [0, 0.1) is 28.1 Å². The summed E-state index contributed by atoms with van der Waals surface area (Å²) >= 11 is 0. The summed E-state index contributed by atoms with van der Waals surface area (Å²) in [6, 6.07) is 8.65. The number of hydrogen-bond donors (Lipinski definition) is 0. The molecule has 4 bridgehead atoms. The van der Waals surface area contributed by atoms with Crippen molar-refractivity contribution in [3.63, 3.8) is 0 Å². The zero-order valence-corrected chi connectivity index (χ0v) is 15.4. The highest BCUT2D eigenvalue weighted by Gasteiger charge is 2.76. The van der Waals surface area contributed by atoms with Crippen LogP contribution in [-0.2, 0) is 9.53 Å². The van der Waals surface area contributed by atoms with Crippen LogP contribution < -0.4 is 0 Å². The molecule has 126 valence electrons. The van der Waals surface area contributed by atoms with E-state index in [0.717, 1.165) is 0 Å². The number of ketones is 1. The van der Waals surface area contributed by atoms with Crippen LogP contribution in [0.1, 0.15) is 64.9 Å². The normalized spacial score (nSPS) is 47.2. The van der Waals surface area contributed by atoms with E-state index in [2.05, 4.69) is 65.8 Å². The van der Waals surface area contributed by atoms with E-state index in [0.29, 0.717) is 11.7 Å². The Morgan fingerprint density at radius 1 is 0.875 bits per heavy atom. The van der Waals surface area contributed by atoms with Crippen LogP contribution >= 0.6 is 0 Å². The van der Waals surface area contributed by atoms with Gasteiger partial charge >= 0.3 is 0 Å². The Bertz CT molecular complexity index is 832. The highest BCUT2D eigenvalue weighted by molar-refractivity contribution is 5.97. The molecule has 3 aliphatic carbocycles. The third kappa shape index (κ3) is 1.16. The number of fused-ring (bicyclic) bond motifs is 6. The van der Waals surface area contributed by atoms with Crippen molar-refractivity contribution < 1.29 is 9.53 Å². The van der Waals surface area contributed by atoms with E-state index in [-0.39, 0.29) is 29.0 Å². The number of hydrogen-bond acceptors (Lipinski definition) is 2. The van der Waals surface area contributed by atoms with Gasteiger partial charge in [0.1, 0.15) is 5.78 Å². The van der Waals surface area contributed by atoms with E-state index >= 15 is 0 Å². The van der Waals surface area contributed by atoms with Gasteiger partial charge in [0, 0.05) is 22.7 Å². The first-order valence-corrected chi connectivity index (χ1v) is 9.16. The Morgan fingerprint density at radius 3 is 2.00 bits per heavy atom. The van der Waals surface area contributed by atoms with E-state index in [1.807, 2.05) is 0 Å². The molecule has 2 nitrogen and oxygen atoms in total. The molecule has 2 heterocycles. The third-order valence-electron chi connectivity index (χ3n) is 8.73. The maximum absolute atomic E-state index is 13.6. The summed E-state index contributed by atoms with van der Waals surface area (Å²) in [5.41, 5.74) is 4.50. The zero-order valence-electron chi connectivity index (χ0n) is 15.4. The summed E-state index contributed by atoms with van der Waals surface area (Å²) in [5.74, 6) is 1.07. The van der Waals surface area contributed by atoms with Crippen molar-refractivity contribution >= 4 is 5.78 Å². The Labute approximate surface area is 144 Å². The highest BCUT2D eigenvalue weighted by atomic mass is 16.5. The number of Topliss-reactive ketones (excluding diaryl/α,β-unsaturated/α-hetero) is 1. The van der Waals surface area contributed by atoms with Crippen molar-refractivity contribution in [1.82, 2.24) is 0 Å². The summed E-state index contributed by atoms with van der Waals surface area (Å²) in [6.45, 7) is 13.3. The lowest BCUT2D eigenvalue weighted by atomic mass is 9.34. The van der Waals surface area contributed by atoms with Gasteiger partial charge in [-0.25, -0.2) is 0 Å². The molecule has 0 radical (unpaired) electrons. The molecule has 1 aromatic carbocycles. The molecule has 2 aliphatic heterocycles. The van der Waals surface area contributed by atoms with Crippen LogP contribution in [0.5, 0.6) is 0 Å². The Balaban J connectivity index is 1.85. The minimum atomic E-state index is -0.400. The maximum atomic E-state index is 13.6. The fraction of sp³-hybridized carbons (Fsp3) is 0.591. The average molecular weight is 322 g/mol. The summed E-state index contributed by atoms with van der Waals surface area (Å²) in [4.78, 5) is 13.6. The first kappa shape index (κ1) is 14.9. The van der Waals surface area contributed by atoms with Gasteiger partial charge in [-0.2, -0.15) is 0 Å². The van der Waals surface area contributed by atoms with Gasteiger partial charge in [0.15, 0.2) is 0 Å². The average Bonchev–Trinajstić information content (AvgIpc) is 3.13. The van der Waals surface area contributed by atoms with Crippen molar-refractivity contribution in [3.8, 4) is 0 Å². The van der Waals surface area contributed by atoms with Gasteiger partial charge in [-0.05, 0) is 31.9 Å². The van der Waals surface area contributed by atoms with Gasteiger partial charge in [0.2, 0.25) is 0 Å². The molecule has 0 amide bonds. The lowest BCUT2D eigenvalue weighted by Gasteiger charge is -2.66. The molecule has 0 N–H and O–H groups in total. The van der Waals surface area contributed by atoms with Gasteiger partial charge in [-0.1, -0.05) is 56.2 Å². The predicted octanol–water partition coefficient (Wildman–Crippen LogP) is 5.02. The molecule has 6 rings (SSSR count). The van der Waals surface area contributed by atoms with Gasteiger partial charge in [-0.15, -0.1) is 0 Å². The molecule has 0 unspecified atom stereocenters. The molecule has 2 heteroatoms. The fourth-order valence-corrected chi connectivity index (χ4v) is 6.96. The highest BCUT2D eigenvalue weighted by Crippen LogP contribution is 2.78. The summed E-state index contributed by atoms with van der Waals surface area (Å²) in [5, 5.41) is 0. The van der Waals surface area contributed by atoms with Crippen molar-refractivity contribution in [2.45, 2.75) is 53.8 Å². The van der Waals surface area contributed by atoms with Crippen LogP contribution in [-0.4, -0.2) is 5.78 Å². The quantitative estimate of drug-likeness (QED) is 0.627. The molecular weight excluding hydrogens is 296 g/mol. The standard InChI is InChI=1S/C22H26O2/c1-11-12(2)22(6)16-15(21(11,5)19(23)20(22,3)4)17-13-9-7-8-10-14(13)18(16)24-17/h7-10,15-18H,1-6H3/t15-,16-,17+,18-,21+,22+/m1/s1. The van der Waals surface area contributed by atoms with Gasteiger partial charge in [0.25, 0.3) is 0 Å². The summed E-state index contributed by atoms with van der Waals surface area (Å²) in [6.07, 6.45) is 0.208. The molecule has 0 aromatic heterocycles. The van der Waals surface area contributed by atoms with Gasteiger partial charge < -0.3 is 4.74 Å². The lowest BCUT2D eigenvalue weighted by molar-refractivity contribution is -0.167. The SMILES string of the molecule is CC1=C(C)[C@@]2(C)[C@@H]3[C@H]([C@H]4O[C@@H]3c3ccccc34)[C@@]1(C)C(=O)C2(C)C. The molecule has 2 fully saturated rings. The van der Waals surface area contributed by atoms with Crippen LogP contribution in [0.25, 0.3) is 0 Å². The molecule has 0 spiro atoms. The summed E-state index contributed by atoms with van der Waals surface area (Å²) in [7, 11) is 0. The molecule has 1 saturated carbocycles. The first-order chi connectivity index (χ1) is 11.2. The van der Waals surface area contributed by atoms with E-state index in [1.54, 1.807) is 0 Å². The van der Waals surface area contributed by atoms with Crippen molar-refractivity contribution in [1.29, 1.82) is 0 Å². The Morgan fingerprint density at radius 2 is 1.42 bits per heavy atom. The number of benzene rings is 1. The van der Waals surface area contributed by atoms with Crippen LogP contribution in [0.2, 0.25) is 0 Å². The first-order valence-electron chi connectivity index (χ1n) is 9.16. The minimum Gasteiger partial charge on any atom is -0.365 e. The topological polar surface area (TPSA) is 26.3 Å². The molecule has 24 heavy (non-hydrogen) atoms. The number of allylic oxidation sites excluding steroid dienone is 2. The Kier molecular flexibility index (Phi) is 2.41. The minimum absolute atomic E-state index is 0.0728. The number of carbonyl (C=O) groups is 1. The van der Waals surface area contributed by atoms with Gasteiger partial charge in [-0.3, -0.25) is 4.79 Å². The predicted molar refractivity (Wildman–Crippen MR) is 93.4 cm³/mol. The second kappa shape index (κ2) is 3.88. The molecular formula is C22H26O2. The fourth-order valence-electron chi connectivity index (χ4n) is 6.96. The zero-order chi connectivity index (χ0) is 17.2. The second-order valence-electron chi connectivity index (χ2n) is 9.27. The Hall–Kier alpha value is -1.41. The van der Waals surface area contributed by atoms with E-state index in [1.165, 1.54) is 22.3 Å². The number of carbonyl (C=O) groups excluding carboxylic acids is 1. The largest absolute Gasteiger partial charge is 0.365 e. The van der Waals surface area contributed by atoms with E-state index in [9.17, 15) is 4.79 Å². The van der Waals surface area contributed by atoms with Crippen LogP contribution in [0.3, 0.4) is 0 Å². The van der Waals surface area contributed by atoms with Gasteiger partial charge in [0.05, 0.1) is 17.6 Å². The smallest absolute Gasteiger partial charge is 0.149 e. The van der Waals surface area contributed by atoms with Crippen molar-refractivity contribution in [2.24, 2.45) is 28.1 Å². The third-order valence-corrected chi connectivity index (χ3v) is 8.73.